The number of ketones is 1. The Morgan fingerprint density at radius 3 is 2.53 bits per heavy atom. The van der Waals surface area contributed by atoms with Crippen molar-refractivity contribution in [1.82, 2.24) is 14.8 Å². The van der Waals surface area contributed by atoms with E-state index in [1.54, 1.807) is 36.7 Å². The van der Waals surface area contributed by atoms with E-state index in [9.17, 15) is 14.7 Å². The molecule has 1 atom stereocenters. The molecule has 0 aliphatic carbocycles. The fourth-order valence-electron chi connectivity index (χ4n) is 3.39. The van der Waals surface area contributed by atoms with Gasteiger partial charge in [0.2, 0.25) is 0 Å². The third-order valence-electron chi connectivity index (χ3n) is 4.86. The first-order valence-corrected chi connectivity index (χ1v) is 9.98. The van der Waals surface area contributed by atoms with Crippen LogP contribution in [0, 0.1) is 0 Å². The van der Waals surface area contributed by atoms with E-state index in [0.29, 0.717) is 41.6 Å². The number of hydrogen-bond acceptors (Lipinski definition) is 6. The number of amides is 1. The predicted octanol–water partition coefficient (Wildman–Crippen LogP) is 3.12. The number of benzene rings is 1. The van der Waals surface area contributed by atoms with Crippen LogP contribution in [0.3, 0.4) is 0 Å². The summed E-state index contributed by atoms with van der Waals surface area (Å²) in [5.41, 5.74) is 1.07. The minimum absolute atomic E-state index is 0.0326. The molecular formula is C22H24ClN3O4. The highest BCUT2D eigenvalue weighted by Crippen LogP contribution is 2.40. The summed E-state index contributed by atoms with van der Waals surface area (Å²) in [6.45, 7) is 3.20. The molecule has 3 rings (SSSR count). The molecule has 1 aliphatic heterocycles. The lowest BCUT2D eigenvalue weighted by molar-refractivity contribution is -0.140. The molecule has 0 bridgehead atoms. The molecule has 1 fully saturated rings. The van der Waals surface area contributed by atoms with Gasteiger partial charge < -0.3 is 19.6 Å². The van der Waals surface area contributed by atoms with Crippen molar-refractivity contribution in [3.63, 3.8) is 0 Å². The molecule has 7 nitrogen and oxygen atoms in total. The van der Waals surface area contributed by atoms with E-state index in [4.69, 9.17) is 16.3 Å². The van der Waals surface area contributed by atoms with Gasteiger partial charge in [0.25, 0.3) is 11.7 Å². The zero-order valence-corrected chi connectivity index (χ0v) is 17.9. The van der Waals surface area contributed by atoms with Crippen LogP contribution in [0.4, 0.5) is 0 Å². The lowest BCUT2D eigenvalue weighted by Gasteiger charge is -2.26. The van der Waals surface area contributed by atoms with Crippen LogP contribution in [-0.4, -0.2) is 65.4 Å². The molecule has 2 aromatic rings. The highest BCUT2D eigenvalue weighted by Gasteiger charge is 2.45. The molecule has 0 spiro atoms. The van der Waals surface area contributed by atoms with E-state index in [1.165, 1.54) is 11.0 Å². The van der Waals surface area contributed by atoms with Crippen LogP contribution >= 0.6 is 11.6 Å². The molecule has 1 aliphatic rings. The Morgan fingerprint density at radius 2 is 1.93 bits per heavy atom. The third kappa shape index (κ3) is 4.32. The zero-order chi connectivity index (χ0) is 21.8. The van der Waals surface area contributed by atoms with Crippen molar-refractivity contribution in [2.45, 2.75) is 13.0 Å². The summed E-state index contributed by atoms with van der Waals surface area (Å²) in [5.74, 6) is -1.16. The van der Waals surface area contributed by atoms with Crippen LogP contribution in [-0.2, 0) is 9.59 Å². The second-order valence-corrected chi connectivity index (χ2v) is 7.56. The van der Waals surface area contributed by atoms with Gasteiger partial charge in [0.1, 0.15) is 11.5 Å². The molecule has 30 heavy (non-hydrogen) atoms. The van der Waals surface area contributed by atoms with Gasteiger partial charge in [-0.25, -0.2) is 0 Å². The number of carbonyl (C=O) groups excluding carboxylic acids is 2. The summed E-state index contributed by atoms with van der Waals surface area (Å²) in [4.78, 5) is 33.1. The SMILES string of the molecule is CCOc1ccc(/C(O)=C2\C(=O)C(=O)N(CCN(C)C)[C@@H]2c2ccncc2)cc1Cl. The van der Waals surface area contributed by atoms with E-state index in [2.05, 4.69) is 4.98 Å². The molecule has 2 heterocycles. The normalized spacial score (nSPS) is 18.3. The first kappa shape index (κ1) is 21.8. The van der Waals surface area contributed by atoms with Crippen molar-refractivity contribution in [3.05, 3.63) is 64.4 Å². The summed E-state index contributed by atoms with van der Waals surface area (Å²) in [7, 11) is 3.78. The Labute approximate surface area is 180 Å². The Kier molecular flexibility index (Phi) is 6.74. The van der Waals surface area contributed by atoms with E-state index in [0.717, 1.165) is 0 Å². The van der Waals surface area contributed by atoms with Crippen LogP contribution in [0.2, 0.25) is 5.02 Å². The molecule has 1 aromatic carbocycles. The Bertz CT molecular complexity index is 976. The Balaban J connectivity index is 2.10. The second kappa shape index (κ2) is 9.28. The number of pyridine rings is 1. The standard InChI is InChI=1S/C22H24ClN3O4/c1-4-30-17-6-5-15(13-16(17)23)20(27)18-19(14-7-9-24-10-8-14)26(12-11-25(2)3)22(29)21(18)28/h5-10,13,19,27H,4,11-12H2,1-3H3/b20-18+/t19-/m1/s1. The average Bonchev–Trinajstić information content (AvgIpc) is 2.98. The van der Waals surface area contributed by atoms with Crippen molar-refractivity contribution in [2.24, 2.45) is 0 Å². The maximum atomic E-state index is 12.9. The number of hydrogen-bond donors (Lipinski definition) is 1. The minimum atomic E-state index is -0.724. The Morgan fingerprint density at radius 1 is 1.23 bits per heavy atom. The molecule has 0 saturated carbocycles. The van der Waals surface area contributed by atoms with Gasteiger partial charge >= 0.3 is 0 Å². The van der Waals surface area contributed by atoms with Crippen LogP contribution < -0.4 is 4.74 Å². The number of likely N-dealkylation sites (N-methyl/N-ethyl adjacent to an activating group) is 1. The van der Waals surface area contributed by atoms with Crippen molar-refractivity contribution in [2.75, 3.05) is 33.8 Å². The largest absolute Gasteiger partial charge is 0.507 e. The van der Waals surface area contributed by atoms with Crippen molar-refractivity contribution in [1.29, 1.82) is 0 Å². The van der Waals surface area contributed by atoms with Crippen LogP contribution in [0.1, 0.15) is 24.1 Å². The summed E-state index contributed by atoms with van der Waals surface area (Å²) < 4.78 is 5.43. The van der Waals surface area contributed by atoms with Crippen LogP contribution in [0.5, 0.6) is 5.75 Å². The number of aromatic nitrogens is 1. The maximum Gasteiger partial charge on any atom is 0.295 e. The van der Waals surface area contributed by atoms with Crippen molar-refractivity contribution >= 4 is 29.1 Å². The number of halogens is 1. The van der Waals surface area contributed by atoms with Gasteiger partial charge in [-0.3, -0.25) is 14.6 Å². The summed E-state index contributed by atoms with van der Waals surface area (Å²) in [6.07, 6.45) is 3.18. The minimum Gasteiger partial charge on any atom is -0.507 e. The lowest BCUT2D eigenvalue weighted by Crippen LogP contribution is -2.35. The Hall–Kier alpha value is -2.90. The molecular weight excluding hydrogens is 406 g/mol. The molecule has 8 heteroatoms. The van der Waals surface area contributed by atoms with E-state index >= 15 is 0 Å². The van der Waals surface area contributed by atoms with Gasteiger partial charge in [0.15, 0.2) is 0 Å². The summed E-state index contributed by atoms with van der Waals surface area (Å²) >= 11 is 6.26. The quantitative estimate of drug-likeness (QED) is 0.413. The number of likely N-dealkylation sites (tertiary alicyclic amines) is 1. The lowest BCUT2D eigenvalue weighted by atomic mass is 9.96. The number of carbonyl (C=O) groups is 2. The van der Waals surface area contributed by atoms with Gasteiger partial charge in [0, 0.05) is 31.0 Å². The third-order valence-corrected chi connectivity index (χ3v) is 5.15. The van der Waals surface area contributed by atoms with E-state index in [1.807, 2.05) is 25.9 Å². The smallest absolute Gasteiger partial charge is 0.295 e. The molecule has 1 amide bonds. The van der Waals surface area contributed by atoms with Gasteiger partial charge in [-0.05, 0) is 56.9 Å². The summed E-state index contributed by atoms with van der Waals surface area (Å²) in [6, 6.07) is 7.53. The number of aliphatic hydroxyl groups is 1. The van der Waals surface area contributed by atoms with Gasteiger partial charge in [-0.2, -0.15) is 0 Å². The average molecular weight is 430 g/mol. The molecule has 0 radical (unpaired) electrons. The van der Waals surface area contributed by atoms with Crippen molar-refractivity contribution < 1.29 is 19.4 Å². The number of rotatable bonds is 7. The highest BCUT2D eigenvalue weighted by atomic mass is 35.5. The fraction of sp³-hybridized carbons (Fsp3) is 0.318. The molecule has 1 N–H and O–H groups in total. The molecule has 1 saturated heterocycles. The molecule has 1 aromatic heterocycles. The number of Topliss-reactive ketones (excluding diaryl/α,β-unsaturated/α-hetero) is 1. The number of nitrogens with zero attached hydrogens (tertiary/aromatic N) is 3. The zero-order valence-electron chi connectivity index (χ0n) is 17.1. The number of aliphatic hydroxyl groups excluding tert-OH is 1. The van der Waals surface area contributed by atoms with E-state index in [-0.39, 0.29) is 11.3 Å². The van der Waals surface area contributed by atoms with Crippen LogP contribution in [0.25, 0.3) is 5.76 Å². The van der Waals surface area contributed by atoms with Gasteiger partial charge in [0.05, 0.1) is 23.2 Å². The predicted molar refractivity (Wildman–Crippen MR) is 114 cm³/mol. The molecule has 158 valence electrons. The van der Waals surface area contributed by atoms with Crippen molar-refractivity contribution in [3.8, 4) is 5.75 Å². The maximum absolute atomic E-state index is 12.9. The molecule has 0 unspecified atom stereocenters. The van der Waals surface area contributed by atoms with Gasteiger partial charge in [-0.1, -0.05) is 11.6 Å². The first-order chi connectivity index (χ1) is 14.3. The van der Waals surface area contributed by atoms with Gasteiger partial charge in [-0.15, -0.1) is 0 Å². The highest BCUT2D eigenvalue weighted by molar-refractivity contribution is 6.46. The monoisotopic (exact) mass is 429 g/mol. The fourth-order valence-corrected chi connectivity index (χ4v) is 3.62. The number of ether oxygens (including phenoxy) is 1. The summed E-state index contributed by atoms with van der Waals surface area (Å²) in [5, 5.41) is 11.3. The first-order valence-electron chi connectivity index (χ1n) is 9.61. The topological polar surface area (TPSA) is 83.0 Å². The van der Waals surface area contributed by atoms with E-state index < -0.39 is 17.7 Å². The second-order valence-electron chi connectivity index (χ2n) is 7.15. The van der Waals surface area contributed by atoms with Crippen LogP contribution in [0.15, 0.2) is 48.3 Å².